The summed E-state index contributed by atoms with van der Waals surface area (Å²) in [4.78, 5) is 4.61. The summed E-state index contributed by atoms with van der Waals surface area (Å²) in [6.07, 6.45) is 6.03. The zero-order chi connectivity index (χ0) is 19.5. The van der Waals surface area contributed by atoms with Crippen molar-refractivity contribution in [3.8, 4) is 22.6 Å². The Kier molecular flexibility index (Phi) is 4.84. The van der Waals surface area contributed by atoms with Crippen molar-refractivity contribution >= 4 is 11.5 Å². The number of hydrogen-bond acceptors (Lipinski definition) is 5. The largest absolute Gasteiger partial charge is 0.457 e. The number of benzene rings is 2. The lowest BCUT2D eigenvalue weighted by Crippen LogP contribution is -2.38. The highest BCUT2D eigenvalue weighted by molar-refractivity contribution is 5.82. The van der Waals surface area contributed by atoms with Crippen LogP contribution in [0.5, 0.6) is 11.5 Å². The predicted molar refractivity (Wildman–Crippen MR) is 114 cm³/mol. The fourth-order valence-corrected chi connectivity index (χ4v) is 3.77. The molecule has 29 heavy (non-hydrogen) atoms. The van der Waals surface area contributed by atoms with Gasteiger partial charge in [-0.1, -0.05) is 36.4 Å². The Hall–Kier alpha value is -3.38. The summed E-state index contributed by atoms with van der Waals surface area (Å²) in [6.45, 7) is 2.06. The molecule has 1 unspecified atom stereocenters. The van der Waals surface area contributed by atoms with E-state index in [9.17, 15) is 0 Å². The summed E-state index contributed by atoms with van der Waals surface area (Å²) < 4.78 is 8.02. The maximum atomic E-state index is 6.15. The first-order valence-electron chi connectivity index (χ1n) is 10.0. The Bertz CT molecular complexity index is 1100. The maximum Gasteiger partial charge on any atom is 0.165 e. The number of piperidine rings is 1. The summed E-state index contributed by atoms with van der Waals surface area (Å²) in [5.74, 6) is 2.54. The molecule has 146 valence electrons. The van der Waals surface area contributed by atoms with Crippen LogP contribution in [0.3, 0.4) is 0 Å². The van der Waals surface area contributed by atoms with Gasteiger partial charge in [-0.15, -0.1) is 0 Å². The van der Waals surface area contributed by atoms with Crippen LogP contribution in [0.25, 0.3) is 16.8 Å². The van der Waals surface area contributed by atoms with Gasteiger partial charge in [-0.05, 0) is 43.7 Å². The summed E-state index contributed by atoms with van der Waals surface area (Å²) in [5.41, 5.74) is 2.72. The molecule has 4 aromatic rings. The van der Waals surface area contributed by atoms with E-state index in [-0.39, 0.29) is 0 Å². The van der Waals surface area contributed by atoms with Crippen LogP contribution in [0.15, 0.2) is 73.1 Å². The van der Waals surface area contributed by atoms with Gasteiger partial charge in [-0.3, -0.25) is 0 Å². The number of fused-ring (bicyclic) bond motifs is 1. The number of rotatable bonds is 5. The lowest BCUT2D eigenvalue weighted by Gasteiger charge is -2.24. The van der Waals surface area contributed by atoms with Crippen molar-refractivity contribution in [3.05, 3.63) is 73.1 Å². The highest BCUT2D eigenvalue weighted by Gasteiger charge is 2.17. The molecule has 2 aromatic heterocycles. The Morgan fingerprint density at radius 2 is 1.86 bits per heavy atom. The Labute approximate surface area is 169 Å². The van der Waals surface area contributed by atoms with Gasteiger partial charge in [0.1, 0.15) is 17.3 Å². The second kappa shape index (κ2) is 7.93. The fraction of sp³-hybridized carbons (Fsp3) is 0.217. The molecule has 1 atom stereocenters. The molecule has 0 amide bonds. The van der Waals surface area contributed by atoms with E-state index in [1.54, 1.807) is 0 Å². The van der Waals surface area contributed by atoms with Crippen LogP contribution in [0.4, 0.5) is 5.82 Å². The Morgan fingerprint density at radius 3 is 2.72 bits per heavy atom. The van der Waals surface area contributed by atoms with E-state index in [0.29, 0.717) is 6.04 Å². The van der Waals surface area contributed by atoms with Gasteiger partial charge < -0.3 is 15.4 Å². The normalized spacial score (nSPS) is 16.6. The standard InChI is InChI=1S/C23H23N5O/c1-2-8-18(9-3-1)29-21-11-5-4-10-19(21)20-16-26-28-22(12-14-25-23(20)28)27-17-7-6-13-24-15-17/h1-5,8-12,14,16-17,24,27H,6-7,13,15H2. The molecule has 6 heteroatoms. The predicted octanol–water partition coefficient (Wildman–Crippen LogP) is 4.35. The monoisotopic (exact) mass is 385 g/mol. The minimum absolute atomic E-state index is 0.399. The van der Waals surface area contributed by atoms with Crippen LogP contribution in [0.2, 0.25) is 0 Å². The van der Waals surface area contributed by atoms with Crippen molar-refractivity contribution in [3.63, 3.8) is 0 Å². The van der Waals surface area contributed by atoms with Crippen LogP contribution in [-0.4, -0.2) is 33.7 Å². The SMILES string of the molecule is c1ccc(Oc2ccccc2-c2cnn3c(NC4CCCNC4)ccnc23)cc1. The molecule has 2 aromatic carbocycles. The molecular formula is C23H23N5O. The van der Waals surface area contributed by atoms with Crippen molar-refractivity contribution in [2.45, 2.75) is 18.9 Å². The first kappa shape index (κ1) is 17.7. The molecule has 0 radical (unpaired) electrons. The van der Waals surface area contributed by atoms with Gasteiger partial charge in [0.25, 0.3) is 0 Å². The number of hydrogen-bond donors (Lipinski definition) is 2. The van der Waals surface area contributed by atoms with Crippen molar-refractivity contribution < 1.29 is 4.74 Å². The van der Waals surface area contributed by atoms with E-state index >= 15 is 0 Å². The first-order valence-corrected chi connectivity index (χ1v) is 10.0. The molecule has 3 heterocycles. The molecule has 1 fully saturated rings. The minimum atomic E-state index is 0.399. The van der Waals surface area contributed by atoms with Gasteiger partial charge in [0.15, 0.2) is 5.65 Å². The molecule has 6 nitrogen and oxygen atoms in total. The zero-order valence-electron chi connectivity index (χ0n) is 16.1. The average Bonchev–Trinajstić information content (AvgIpc) is 3.21. The van der Waals surface area contributed by atoms with E-state index in [0.717, 1.165) is 53.6 Å². The second-order valence-corrected chi connectivity index (χ2v) is 7.22. The smallest absolute Gasteiger partial charge is 0.165 e. The maximum absolute atomic E-state index is 6.15. The van der Waals surface area contributed by atoms with Crippen LogP contribution >= 0.6 is 0 Å². The van der Waals surface area contributed by atoms with Crippen LogP contribution < -0.4 is 15.4 Å². The first-order chi connectivity index (χ1) is 14.4. The van der Waals surface area contributed by atoms with E-state index < -0.39 is 0 Å². The molecule has 1 aliphatic rings. The van der Waals surface area contributed by atoms with Crippen molar-refractivity contribution in [2.24, 2.45) is 0 Å². The summed E-state index contributed by atoms with van der Waals surface area (Å²) in [6, 6.07) is 20.2. The van der Waals surface area contributed by atoms with Gasteiger partial charge in [0.05, 0.1) is 11.8 Å². The van der Waals surface area contributed by atoms with Crippen molar-refractivity contribution in [1.82, 2.24) is 19.9 Å². The van der Waals surface area contributed by atoms with E-state index in [4.69, 9.17) is 4.74 Å². The molecule has 1 saturated heterocycles. The third-order valence-electron chi connectivity index (χ3n) is 5.20. The lowest BCUT2D eigenvalue weighted by molar-refractivity contribution is 0.478. The van der Waals surface area contributed by atoms with Crippen molar-refractivity contribution in [1.29, 1.82) is 0 Å². The van der Waals surface area contributed by atoms with Crippen molar-refractivity contribution in [2.75, 3.05) is 18.4 Å². The van der Waals surface area contributed by atoms with E-state index in [1.165, 1.54) is 6.42 Å². The molecule has 5 rings (SSSR count). The Balaban J connectivity index is 1.51. The molecular weight excluding hydrogens is 362 g/mol. The number of para-hydroxylation sites is 2. The quantitative estimate of drug-likeness (QED) is 0.535. The van der Waals surface area contributed by atoms with Gasteiger partial charge in [0, 0.05) is 24.3 Å². The minimum Gasteiger partial charge on any atom is -0.457 e. The number of aromatic nitrogens is 3. The summed E-state index contributed by atoms with van der Waals surface area (Å²) >= 11 is 0. The molecule has 0 aliphatic carbocycles. The number of nitrogens with one attached hydrogen (secondary N) is 2. The van der Waals surface area contributed by atoms with Crippen LogP contribution in [0, 0.1) is 0 Å². The highest BCUT2D eigenvalue weighted by Crippen LogP contribution is 2.35. The summed E-state index contributed by atoms with van der Waals surface area (Å²) in [7, 11) is 0. The van der Waals surface area contributed by atoms with E-state index in [1.807, 2.05) is 77.6 Å². The Morgan fingerprint density at radius 1 is 1.00 bits per heavy atom. The second-order valence-electron chi connectivity index (χ2n) is 7.22. The number of nitrogens with zero attached hydrogens (tertiary/aromatic N) is 3. The molecule has 1 aliphatic heterocycles. The van der Waals surface area contributed by atoms with Gasteiger partial charge in [-0.2, -0.15) is 9.61 Å². The fourth-order valence-electron chi connectivity index (χ4n) is 3.77. The zero-order valence-corrected chi connectivity index (χ0v) is 16.1. The molecule has 0 bridgehead atoms. The highest BCUT2D eigenvalue weighted by atomic mass is 16.5. The average molecular weight is 385 g/mol. The molecule has 0 spiro atoms. The van der Waals surface area contributed by atoms with Gasteiger partial charge >= 0.3 is 0 Å². The van der Waals surface area contributed by atoms with Gasteiger partial charge in [-0.25, -0.2) is 4.98 Å². The molecule has 0 saturated carbocycles. The number of anilines is 1. The van der Waals surface area contributed by atoms with E-state index in [2.05, 4.69) is 20.7 Å². The topological polar surface area (TPSA) is 63.5 Å². The third kappa shape index (κ3) is 3.67. The summed E-state index contributed by atoms with van der Waals surface area (Å²) in [5, 5.41) is 11.7. The third-order valence-corrected chi connectivity index (χ3v) is 5.20. The van der Waals surface area contributed by atoms with Crippen LogP contribution in [-0.2, 0) is 0 Å². The van der Waals surface area contributed by atoms with Crippen LogP contribution in [0.1, 0.15) is 12.8 Å². The van der Waals surface area contributed by atoms with Gasteiger partial charge in [0.2, 0.25) is 0 Å². The molecule has 2 N–H and O–H groups in total. The lowest BCUT2D eigenvalue weighted by atomic mass is 10.1. The number of ether oxygens (including phenoxy) is 1.